The molecule has 4 nitrogen and oxygen atoms in total. The molecule has 0 amide bonds. The molecular weight excluding hydrogens is 312 g/mol. The smallest absolute Gasteiger partial charge is 0.303 e. The molecule has 0 heterocycles. The minimum Gasteiger partial charge on any atom is -0.481 e. The van der Waals surface area contributed by atoms with Gasteiger partial charge in [-0.15, -0.1) is 0 Å². The number of hydrogen-bond donors (Lipinski definition) is 2. The van der Waals surface area contributed by atoms with E-state index in [0.717, 1.165) is 25.7 Å². The molecule has 0 aliphatic rings. The van der Waals surface area contributed by atoms with E-state index in [4.69, 9.17) is 10.2 Å². The van der Waals surface area contributed by atoms with Gasteiger partial charge in [-0.1, -0.05) is 51.4 Å². The van der Waals surface area contributed by atoms with E-state index in [1.54, 1.807) is 0 Å². The van der Waals surface area contributed by atoms with Crippen molar-refractivity contribution in [2.75, 3.05) is 11.5 Å². The van der Waals surface area contributed by atoms with Crippen LogP contribution in [0.3, 0.4) is 0 Å². The fraction of sp³-hybridized carbons (Fsp3) is 0.889. The second kappa shape index (κ2) is 17.6. The molecule has 0 fully saturated rings. The average Bonchev–Trinajstić information content (AvgIpc) is 2.49. The van der Waals surface area contributed by atoms with Crippen LogP contribution in [0.5, 0.6) is 0 Å². The van der Waals surface area contributed by atoms with Gasteiger partial charge in [-0.25, -0.2) is 0 Å². The Morgan fingerprint density at radius 1 is 0.522 bits per heavy atom. The summed E-state index contributed by atoms with van der Waals surface area (Å²) in [6.45, 7) is 0. The molecule has 0 saturated carbocycles. The first-order valence-corrected chi connectivity index (χ1v) is 10.3. The van der Waals surface area contributed by atoms with Gasteiger partial charge in [0.15, 0.2) is 0 Å². The topological polar surface area (TPSA) is 74.6 Å². The maximum absolute atomic E-state index is 10.3. The zero-order valence-corrected chi connectivity index (χ0v) is 15.2. The summed E-state index contributed by atoms with van der Waals surface area (Å²) in [5, 5.41) is 17.0. The predicted molar refractivity (Wildman–Crippen MR) is 97.2 cm³/mol. The third-order valence-corrected chi connectivity index (χ3v) is 5.01. The molecule has 2 N–H and O–H groups in total. The fourth-order valence-corrected chi connectivity index (χ4v) is 3.50. The Labute approximate surface area is 145 Å². The maximum Gasteiger partial charge on any atom is 0.303 e. The van der Waals surface area contributed by atoms with E-state index in [0.29, 0.717) is 12.8 Å². The predicted octanol–water partition coefficient (Wildman–Crippen LogP) is 5.35. The summed E-state index contributed by atoms with van der Waals surface area (Å²) in [4.78, 5) is 20.7. The molecule has 136 valence electrons. The third-order valence-electron chi connectivity index (χ3n) is 3.86. The van der Waals surface area contributed by atoms with Crippen molar-refractivity contribution in [1.29, 1.82) is 0 Å². The summed E-state index contributed by atoms with van der Waals surface area (Å²) in [6.07, 6.45) is 14.3. The van der Waals surface area contributed by atoms with E-state index in [9.17, 15) is 9.59 Å². The van der Waals surface area contributed by atoms with Crippen molar-refractivity contribution >= 4 is 23.7 Å². The highest BCUT2D eigenvalue weighted by Gasteiger charge is 1.98. The number of unbranched alkanes of at least 4 members (excludes halogenated alkanes) is 10. The van der Waals surface area contributed by atoms with Crippen molar-refractivity contribution in [1.82, 2.24) is 0 Å². The largest absolute Gasteiger partial charge is 0.481 e. The van der Waals surface area contributed by atoms with Gasteiger partial charge in [0, 0.05) is 12.8 Å². The van der Waals surface area contributed by atoms with Gasteiger partial charge < -0.3 is 10.2 Å². The lowest BCUT2D eigenvalue weighted by Crippen LogP contribution is -1.93. The van der Waals surface area contributed by atoms with Crippen LogP contribution in [0.15, 0.2) is 0 Å². The zero-order valence-electron chi connectivity index (χ0n) is 14.4. The van der Waals surface area contributed by atoms with Gasteiger partial charge in [-0.3, -0.25) is 9.59 Å². The fourth-order valence-electron chi connectivity index (χ4n) is 2.48. The lowest BCUT2D eigenvalue weighted by Gasteiger charge is -2.03. The number of carboxylic acids is 2. The quantitative estimate of drug-likeness (QED) is 0.327. The van der Waals surface area contributed by atoms with Crippen molar-refractivity contribution in [3.05, 3.63) is 0 Å². The number of rotatable bonds is 18. The van der Waals surface area contributed by atoms with Gasteiger partial charge in [-0.05, 0) is 37.2 Å². The van der Waals surface area contributed by atoms with Crippen LogP contribution in [0.25, 0.3) is 0 Å². The van der Waals surface area contributed by atoms with Gasteiger partial charge in [0.05, 0.1) is 0 Å². The molecule has 0 aliphatic carbocycles. The number of hydrogen-bond acceptors (Lipinski definition) is 3. The number of aliphatic carboxylic acids is 2. The van der Waals surface area contributed by atoms with Crippen LogP contribution < -0.4 is 0 Å². The summed E-state index contributed by atoms with van der Waals surface area (Å²) in [5.74, 6) is 1.13. The molecule has 0 unspecified atom stereocenters. The second-order valence-electron chi connectivity index (χ2n) is 6.14. The second-order valence-corrected chi connectivity index (χ2v) is 7.37. The monoisotopic (exact) mass is 346 g/mol. The number of carboxylic acid groups (broad SMARTS) is 2. The van der Waals surface area contributed by atoms with E-state index in [-0.39, 0.29) is 0 Å². The van der Waals surface area contributed by atoms with E-state index >= 15 is 0 Å². The Balaban J connectivity index is 3.00. The molecule has 0 bridgehead atoms. The van der Waals surface area contributed by atoms with Crippen LogP contribution in [-0.2, 0) is 9.59 Å². The molecular formula is C18H34O4S. The first-order valence-electron chi connectivity index (χ1n) is 9.14. The van der Waals surface area contributed by atoms with Gasteiger partial charge >= 0.3 is 11.9 Å². The molecule has 0 atom stereocenters. The lowest BCUT2D eigenvalue weighted by atomic mass is 10.1. The van der Waals surface area contributed by atoms with Gasteiger partial charge in [-0.2, -0.15) is 11.8 Å². The van der Waals surface area contributed by atoms with Crippen LogP contribution in [0.2, 0.25) is 0 Å². The van der Waals surface area contributed by atoms with Crippen molar-refractivity contribution in [2.45, 2.75) is 89.9 Å². The molecule has 0 aromatic rings. The Morgan fingerprint density at radius 3 is 1.17 bits per heavy atom. The Bertz CT molecular complexity index is 267. The Hall–Kier alpha value is -0.710. The number of carbonyl (C=O) groups is 2. The summed E-state index contributed by atoms with van der Waals surface area (Å²) in [6, 6.07) is 0. The van der Waals surface area contributed by atoms with Crippen LogP contribution in [0, 0.1) is 0 Å². The summed E-state index contributed by atoms with van der Waals surface area (Å²) in [7, 11) is 0. The van der Waals surface area contributed by atoms with E-state index in [2.05, 4.69) is 0 Å². The van der Waals surface area contributed by atoms with Crippen LogP contribution in [0.4, 0.5) is 0 Å². The zero-order chi connectivity index (χ0) is 17.2. The van der Waals surface area contributed by atoms with Crippen LogP contribution >= 0.6 is 11.8 Å². The van der Waals surface area contributed by atoms with Crippen molar-refractivity contribution in [3.8, 4) is 0 Å². The van der Waals surface area contributed by atoms with Gasteiger partial charge in [0.2, 0.25) is 0 Å². The molecule has 0 aromatic heterocycles. The molecule has 0 aliphatic heterocycles. The molecule has 0 spiro atoms. The van der Waals surface area contributed by atoms with Crippen LogP contribution in [-0.4, -0.2) is 33.7 Å². The minimum absolute atomic E-state index is 0.315. The van der Waals surface area contributed by atoms with Crippen molar-refractivity contribution in [3.63, 3.8) is 0 Å². The Kier molecular flexibility index (Phi) is 17.1. The van der Waals surface area contributed by atoms with E-state index < -0.39 is 11.9 Å². The van der Waals surface area contributed by atoms with Gasteiger partial charge in [0.25, 0.3) is 0 Å². The molecule has 5 heteroatoms. The SMILES string of the molecule is O=C(O)CCCCCCCCSCCCCCCCCC(=O)O. The summed E-state index contributed by atoms with van der Waals surface area (Å²) >= 11 is 2.04. The molecule has 0 aromatic carbocycles. The van der Waals surface area contributed by atoms with Crippen molar-refractivity contribution in [2.24, 2.45) is 0 Å². The minimum atomic E-state index is -0.679. The van der Waals surface area contributed by atoms with Gasteiger partial charge in [0.1, 0.15) is 0 Å². The lowest BCUT2D eigenvalue weighted by molar-refractivity contribution is -0.138. The highest BCUT2D eigenvalue weighted by molar-refractivity contribution is 7.99. The first kappa shape index (κ1) is 22.3. The van der Waals surface area contributed by atoms with E-state index in [1.807, 2.05) is 11.8 Å². The number of thioether (sulfide) groups is 1. The van der Waals surface area contributed by atoms with Crippen molar-refractivity contribution < 1.29 is 19.8 Å². The average molecular weight is 347 g/mol. The standard InChI is InChI=1S/C18H34O4S/c19-17(20)13-9-5-1-3-7-11-15-23-16-12-8-4-2-6-10-14-18(21)22/h1-16H2,(H,19,20)(H,21,22). The highest BCUT2D eigenvalue weighted by Crippen LogP contribution is 2.13. The maximum atomic E-state index is 10.3. The van der Waals surface area contributed by atoms with Crippen LogP contribution in [0.1, 0.15) is 89.9 Å². The molecule has 0 rings (SSSR count). The first-order chi connectivity index (χ1) is 11.1. The molecule has 0 saturated heterocycles. The Morgan fingerprint density at radius 2 is 0.826 bits per heavy atom. The molecule has 0 radical (unpaired) electrons. The van der Waals surface area contributed by atoms with E-state index in [1.165, 1.54) is 62.9 Å². The highest BCUT2D eigenvalue weighted by atomic mass is 32.2. The normalized spacial score (nSPS) is 10.8. The molecule has 23 heavy (non-hydrogen) atoms. The summed E-state index contributed by atoms with van der Waals surface area (Å²) in [5.41, 5.74) is 0. The third kappa shape index (κ3) is 21.3. The summed E-state index contributed by atoms with van der Waals surface area (Å²) < 4.78 is 0.